The first-order valence-electron chi connectivity index (χ1n) is 7.40. The van der Waals surface area contributed by atoms with Crippen molar-refractivity contribution in [3.05, 3.63) is 51.3 Å². The minimum Gasteiger partial charge on any atom is -0.454 e. The normalized spacial score (nSPS) is 18.5. The van der Waals surface area contributed by atoms with E-state index in [-0.39, 0.29) is 30.6 Å². The van der Waals surface area contributed by atoms with Gasteiger partial charge in [-0.3, -0.25) is 14.0 Å². The highest BCUT2D eigenvalue weighted by molar-refractivity contribution is 7.15. The molecule has 0 saturated heterocycles. The van der Waals surface area contributed by atoms with Gasteiger partial charge in [-0.2, -0.15) is 4.98 Å². The zero-order valence-electron chi connectivity index (χ0n) is 12.3. The molecule has 0 spiro atoms. The van der Waals surface area contributed by atoms with Crippen LogP contribution >= 0.6 is 11.3 Å². The number of nitrogens with zero attached hydrogens (tertiary/aromatic N) is 2. The Morgan fingerprint density at radius 1 is 1.25 bits per heavy atom. The summed E-state index contributed by atoms with van der Waals surface area (Å²) < 4.78 is 12.5. The number of ether oxygens (including phenoxy) is 2. The molecule has 7 nitrogen and oxygen atoms in total. The Labute approximate surface area is 139 Å². The van der Waals surface area contributed by atoms with E-state index in [1.165, 1.54) is 11.3 Å². The molecule has 8 heteroatoms. The maximum Gasteiger partial charge on any atom is 0.279 e. The average molecular weight is 341 g/mol. The molecule has 2 aromatic heterocycles. The number of benzene rings is 1. The SMILES string of the molecule is O=C1C[C@H](c2ccc3c(c2)OCO3)c2c(n3ccsc3nc2=O)N1. The van der Waals surface area contributed by atoms with Crippen molar-refractivity contribution in [1.29, 1.82) is 0 Å². The van der Waals surface area contributed by atoms with Crippen LogP contribution in [0, 0.1) is 0 Å². The molecule has 2 aliphatic rings. The maximum absolute atomic E-state index is 12.6. The van der Waals surface area contributed by atoms with E-state index in [2.05, 4.69) is 10.3 Å². The van der Waals surface area contributed by atoms with Gasteiger partial charge in [0, 0.05) is 23.9 Å². The summed E-state index contributed by atoms with van der Waals surface area (Å²) in [4.78, 5) is 29.5. The number of aromatic nitrogens is 2. The van der Waals surface area contributed by atoms with Crippen LogP contribution in [0.3, 0.4) is 0 Å². The minimum absolute atomic E-state index is 0.129. The van der Waals surface area contributed by atoms with Crippen molar-refractivity contribution >= 4 is 28.0 Å². The van der Waals surface area contributed by atoms with Crippen LogP contribution in [0.4, 0.5) is 5.82 Å². The molecule has 0 aliphatic carbocycles. The van der Waals surface area contributed by atoms with Crippen LogP contribution in [0.25, 0.3) is 4.96 Å². The molecule has 4 heterocycles. The van der Waals surface area contributed by atoms with E-state index in [0.29, 0.717) is 27.8 Å². The van der Waals surface area contributed by atoms with Crippen molar-refractivity contribution < 1.29 is 14.3 Å². The van der Waals surface area contributed by atoms with Gasteiger partial charge in [0.15, 0.2) is 16.5 Å². The predicted octanol–water partition coefficient (Wildman–Crippen LogP) is 1.96. The van der Waals surface area contributed by atoms with Crippen LogP contribution in [0.5, 0.6) is 11.5 Å². The molecule has 0 bridgehead atoms. The second-order valence-electron chi connectivity index (χ2n) is 5.65. The Balaban J connectivity index is 1.74. The van der Waals surface area contributed by atoms with E-state index in [0.717, 1.165) is 5.56 Å². The maximum atomic E-state index is 12.6. The molecule has 2 aliphatic heterocycles. The lowest BCUT2D eigenvalue weighted by molar-refractivity contribution is -0.116. The van der Waals surface area contributed by atoms with Gasteiger partial charge in [-0.15, -0.1) is 11.3 Å². The summed E-state index contributed by atoms with van der Waals surface area (Å²) >= 11 is 1.35. The van der Waals surface area contributed by atoms with Gasteiger partial charge in [0.1, 0.15) is 5.82 Å². The van der Waals surface area contributed by atoms with E-state index < -0.39 is 0 Å². The number of carbonyl (C=O) groups excluding carboxylic acids is 1. The summed E-state index contributed by atoms with van der Waals surface area (Å²) in [6.07, 6.45) is 1.99. The van der Waals surface area contributed by atoms with Crippen LogP contribution < -0.4 is 20.3 Å². The fourth-order valence-corrected chi connectivity index (χ4v) is 3.93. The van der Waals surface area contributed by atoms with E-state index in [1.54, 1.807) is 16.7 Å². The largest absolute Gasteiger partial charge is 0.454 e. The van der Waals surface area contributed by atoms with Gasteiger partial charge in [0.2, 0.25) is 12.7 Å². The summed E-state index contributed by atoms with van der Waals surface area (Å²) in [5.41, 5.74) is 1.03. The molecule has 5 rings (SSSR count). The lowest BCUT2D eigenvalue weighted by Crippen LogP contribution is -2.31. The number of hydrogen-bond donors (Lipinski definition) is 1. The van der Waals surface area contributed by atoms with Crippen molar-refractivity contribution in [2.45, 2.75) is 12.3 Å². The highest BCUT2D eigenvalue weighted by atomic mass is 32.1. The van der Waals surface area contributed by atoms with Crippen LogP contribution in [0.15, 0.2) is 34.6 Å². The molecule has 0 fully saturated rings. The number of rotatable bonds is 1. The highest BCUT2D eigenvalue weighted by Gasteiger charge is 2.32. The van der Waals surface area contributed by atoms with E-state index >= 15 is 0 Å². The van der Waals surface area contributed by atoms with Gasteiger partial charge in [-0.05, 0) is 17.7 Å². The smallest absolute Gasteiger partial charge is 0.279 e. The lowest BCUT2D eigenvalue weighted by Gasteiger charge is -2.25. The van der Waals surface area contributed by atoms with E-state index in [9.17, 15) is 9.59 Å². The summed E-state index contributed by atoms with van der Waals surface area (Å²) in [6, 6.07) is 5.50. The molecule has 3 aromatic rings. The second-order valence-corrected chi connectivity index (χ2v) is 6.53. The Bertz CT molecular complexity index is 1060. The Morgan fingerprint density at radius 3 is 3.04 bits per heavy atom. The quantitative estimate of drug-likeness (QED) is 0.732. The van der Waals surface area contributed by atoms with Gasteiger partial charge in [-0.25, -0.2) is 0 Å². The Kier molecular flexibility index (Phi) is 2.72. The van der Waals surface area contributed by atoms with Gasteiger partial charge in [-0.1, -0.05) is 6.07 Å². The monoisotopic (exact) mass is 341 g/mol. The zero-order valence-corrected chi connectivity index (χ0v) is 13.1. The van der Waals surface area contributed by atoms with Crippen molar-refractivity contribution in [2.75, 3.05) is 12.1 Å². The molecule has 24 heavy (non-hydrogen) atoms. The van der Waals surface area contributed by atoms with Crippen molar-refractivity contribution in [2.24, 2.45) is 0 Å². The summed E-state index contributed by atoms with van der Waals surface area (Å²) in [5.74, 6) is 1.31. The number of thiazole rings is 1. The molecule has 0 radical (unpaired) electrons. The second kappa shape index (κ2) is 4.81. The number of fused-ring (bicyclic) bond motifs is 4. The first-order chi connectivity index (χ1) is 11.7. The van der Waals surface area contributed by atoms with Gasteiger partial charge in [0.05, 0.1) is 5.56 Å². The molecule has 120 valence electrons. The predicted molar refractivity (Wildman–Crippen MR) is 87.0 cm³/mol. The van der Waals surface area contributed by atoms with Crippen LogP contribution in [0.2, 0.25) is 0 Å². The Hall–Kier alpha value is -2.87. The fourth-order valence-electron chi connectivity index (χ4n) is 3.23. The molecular weight excluding hydrogens is 330 g/mol. The average Bonchev–Trinajstić information content (AvgIpc) is 3.21. The number of hydrogen-bond acceptors (Lipinski definition) is 6. The Morgan fingerprint density at radius 2 is 2.12 bits per heavy atom. The summed E-state index contributed by atoms with van der Waals surface area (Å²) in [7, 11) is 0. The van der Waals surface area contributed by atoms with Crippen molar-refractivity contribution in [1.82, 2.24) is 9.38 Å². The van der Waals surface area contributed by atoms with Crippen LogP contribution in [0.1, 0.15) is 23.5 Å². The lowest BCUT2D eigenvalue weighted by atomic mass is 9.86. The van der Waals surface area contributed by atoms with Crippen molar-refractivity contribution in [3.63, 3.8) is 0 Å². The third-order valence-corrected chi connectivity index (χ3v) is 5.06. The van der Waals surface area contributed by atoms with Crippen LogP contribution in [-0.4, -0.2) is 22.1 Å². The first-order valence-corrected chi connectivity index (χ1v) is 8.28. The van der Waals surface area contributed by atoms with E-state index in [1.807, 2.05) is 17.5 Å². The molecule has 1 atom stereocenters. The van der Waals surface area contributed by atoms with Gasteiger partial charge < -0.3 is 14.8 Å². The third kappa shape index (κ3) is 1.86. The first kappa shape index (κ1) is 13.6. The fraction of sp³-hybridized carbons (Fsp3) is 0.188. The molecule has 1 amide bonds. The number of nitrogens with one attached hydrogen (secondary N) is 1. The standard InChI is InChI=1S/C16H11N3O4S/c20-12-6-9(8-1-2-10-11(5-8)23-7-22-10)13-14(17-12)19-3-4-24-16(19)18-15(13)21/h1-5,9H,6-7H2,(H,17,20)/t9-/m1/s1. The third-order valence-electron chi connectivity index (χ3n) is 4.31. The zero-order chi connectivity index (χ0) is 16.3. The molecule has 1 N–H and O–H groups in total. The highest BCUT2D eigenvalue weighted by Crippen LogP contribution is 2.40. The molecule has 0 unspecified atom stereocenters. The molecular formula is C16H11N3O4S. The number of carbonyl (C=O) groups is 1. The molecule has 0 saturated carbocycles. The van der Waals surface area contributed by atoms with Crippen molar-refractivity contribution in [3.8, 4) is 11.5 Å². The summed E-state index contributed by atoms with van der Waals surface area (Å²) in [5, 5.41) is 4.65. The van der Waals surface area contributed by atoms with Crippen LogP contribution in [-0.2, 0) is 4.79 Å². The van der Waals surface area contributed by atoms with Gasteiger partial charge in [0.25, 0.3) is 5.56 Å². The van der Waals surface area contributed by atoms with Gasteiger partial charge >= 0.3 is 0 Å². The number of anilines is 1. The molecule has 1 aromatic carbocycles. The summed E-state index contributed by atoms with van der Waals surface area (Å²) in [6.45, 7) is 0.181. The topological polar surface area (TPSA) is 81.9 Å². The minimum atomic E-state index is -0.361. The van der Waals surface area contributed by atoms with E-state index in [4.69, 9.17) is 9.47 Å². The number of amides is 1.